The lowest BCUT2D eigenvalue weighted by Crippen LogP contribution is -2.56. The fourth-order valence-electron chi connectivity index (χ4n) is 4.30. The zero-order valence-corrected chi connectivity index (χ0v) is 14.2. The van der Waals surface area contributed by atoms with Crippen LogP contribution in [-0.2, 0) is 4.74 Å². The van der Waals surface area contributed by atoms with E-state index in [2.05, 4.69) is 15.1 Å². The van der Waals surface area contributed by atoms with E-state index in [0.717, 1.165) is 64.1 Å². The van der Waals surface area contributed by atoms with Gasteiger partial charge in [-0.1, -0.05) is 0 Å². The van der Waals surface area contributed by atoms with Gasteiger partial charge in [-0.3, -0.25) is 4.90 Å². The first-order valence-electron chi connectivity index (χ1n) is 9.68. The van der Waals surface area contributed by atoms with Gasteiger partial charge >= 0.3 is 6.03 Å². The van der Waals surface area contributed by atoms with Crippen molar-refractivity contribution in [2.45, 2.75) is 57.0 Å². The largest absolute Gasteiger partial charge is 0.379 e. The summed E-state index contributed by atoms with van der Waals surface area (Å²) in [4.78, 5) is 17.5. The highest BCUT2D eigenvalue weighted by Crippen LogP contribution is 2.44. The molecule has 0 aromatic rings. The third-order valence-corrected chi connectivity index (χ3v) is 6.01. The van der Waals surface area contributed by atoms with E-state index < -0.39 is 0 Å². The molecule has 1 N–H and O–H groups in total. The summed E-state index contributed by atoms with van der Waals surface area (Å²) in [6.45, 7) is 5.66. The van der Waals surface area contributed by atoms with Crippen LogP contribution in [0.4, 0.5) is 4.79 Å². The first-order valence-corrected chi connectivity index (χ1v) is 9.68. The van der Waals surface area contributed by atoms with E-state index >= 15 is 0 Å². The fraction of sp³-hybridized carbons (Fsp3) is 0.944. The van der Waals surface area contributed by atoms with E-state index in [1.165, 1.54) is 32.1 Å². The van der Waals surface area contributed by atoms with E-state index in [1.54, 1.807) is 0 Å². The number of amides is 2. The maximum atomic E-state index is 12.9. The molecule has 0 spiro atoms. The average Bonchev–Trinajstić information content (AvgIpc) is 3.48. The number of likely N-dealkylation sites (tertiary alicyclic amines) is 1. The minimum Gasteiger partial charge on any atom is -0.379 e. The van der Waals surface area contributed by atoms with Gasteiger partial charge in [-0.05, 0) is 56.8 Å². The molecule has 0 radical (unpaired) electrons. The van der Waals surface area contributed by atoms with Crippen LogP contribution in [0, 0.1) is 11.8 Å². The van der Waals surface area contributed by atoms with Crippen LogP contribution in [0.5, 0.6) is 0 Å². The van der Waals surface area contributed by atoms with Gasteiger partial charge in [0.05, 0.1) is 13.2 Å². The summed E-state index contributed by atoms with van der Waals surface area (Å²) in [5, 5.41) is 3.42. The monoisotopic (exact) mass is 321 g/mol. The predicted molar refractivity (Wildman–Crippen MR) is 89.4 cm³/mol. The second kappa shape index (κ2) is 6.98. The second-order valence-corrected chi connectivity index (χ2v) is 7.91. The second-order valence-electron chi connectivity index (χ2n) is 7.91. The highest BCUT2D eigenvalue weighted by atomic mass is 16.5. The van der Waals surface area contributed by atoms with Gasteiger partial charge < -0.3 is 15.0 Å². The molecule has 5 nitrogen and oxygen atoms in total. The van der Waals surface area contributed by atoms with Crippen molar-refractivity contribution in [3.63, 3.8) is 0 Å². The Kier molecular flexibility index (Phi) is 4.76. The molecule has 2 saturated heterocycles. The maximum absolute atomic E-state index is 12.9. The van der Waals surface area contributed by atoms with E-state index in [0.29, 0.717) is 12.1 Å². The van der Waals surface area contributed by atoms with E-state index in [1.807, 2.05) is 0 Å². The number of nitrogens with one attached hydrogen (secondary N) is 1. The molecule has 0 aromatic heterocycles. The number of nitrogens with zero attached hydrogens (tertiary/aromatic N) is 2. The predicted octanol–water partition coefficient (Wildman–Crippen LogP) is 2.07. The van der Waals surface area contributed by atoms with Crippen molar-refractivity contribution >= 4 is 6.03 Å². The van der Waals surface area contributed by atoms with Crippen molar-refractivity contribution in [3.05, 3.63) is 0 Å². The molecular weight excluding hydrogens is 290 g/mol. The van der Waals surface area contributed by atoms with Crippen molar-refractivity contribution in [2.24, 2.45) is 11.8 Å². The van der Waals surface area contributed by atoms with Gasteiger partial charge in [0, 0.05) is 38.3 Å². The average molecular weight is 321 g/mol. The summed E-state index contributed by atoms with van der Waals surface area (Å²) in [5.74, 6) is 1.54. The van der Waals surface area contributed by atoms with Crippen molar-refractivity contribution in [2.75, 3.05) is 39.4 Å². The van der Waals surface area contributed by atoms with Gasteiger partial charge in [0.25, 0.3) is 0 Å². The SMILES string of the molecule is O=C(NC(C1CC1)C1CC1)N1CCCCC1CN1CCOCC1. The molecule has 1 unspecified atom stereocenters. The third kappa shape index (κ3) is 4.00. The topological polar surface area (TPSA) is 44.8 Å². The van der Waals surface area contributed by atoms with Gasteiger partial charge in [-0.15, -0.1) is 0 Å². The molecule has 1 atom stereocenters. The summed E-state index contributed by atoms with van der Waals surface area (Å²) < 4.78 is 5.45. The Hall–Kier alpha value is -0.810. The summed E-state index contributed by atoms with van der Waals surface area (Å²) >= 11 is 0. The Balaban J connectivity index is 1.34. The maximum Gasteiger partial charge on any atom is 0.317 e. The molecular formula is C18H31N3O2. The number of carbonyl (C=O) groups is 1. The number of urea groups is 1. The van der Waals surface area contributed by atoms with Crippen molar-refractivity contribution in [1.82, 2.24) is 15.1 Å². The van der Waals surface area contributed by atoms with Gasteiger partial charge in [-0.2, -0.15) is 0 Å². The lowest BCUT2D eigenvalue weighted by atomic mass is 10.0. The van der Waals surface area contributed by atoms with Gasteiger partial charge in [-0.25, -0.2) is 4.79 Å². The van der Waals surface area contributed by atoms with E-state index in [4.69, 9.17) is 4.74 Å². The normalized spacial score (nSPS) is 29.8. The number of hydrogen-bond acceptors (Lipinski definition) is 3. The van der Waals surface area contributed by atoms with Gasteiger partial charge in [0.2, 0.25) is 0 Å². The van der Waals surface area contributed by atoms with Crippen LogP contribution >= 0.6 is 0 Å². The molecule has 5 heteroatoms. The molecule has 2 heterocycles. The number of ether oxygens (including phenoxy) is 1. The first-order chi connectivity index (χ1) is 11.3. The van der Waals surface area contributed by atoms with Crippen molar-refractivity contribution < 1.29 is 9.53 Å². The Labute approximate surface area is 139 Å². The number of piperidine rings is 1. The van der Waals surface area contributed by atoms with Crippen LogP contribution in [0.3, 0.4) is 0 Å². The molecule has 4 aliphatic rings. The quantitative estimate of drug-likeness (QED) is 0.843. The van der Waals surface area contributed by atoms with Crippen molar-refractivity contribution in [1.29, 1.82) is 0 Å². The summed E-state index contributed by atoms with van der Waals surface area (Å²) in [6, 6.07) is 1.07. The zero-order chi connectivity index (χ0) is 15.6. The van der Waals surface area contributed by atoms with Crippen molar-refractivity contribution in [3.8, 4) is 0 Å². The van der Waals surface area contributed by atoms with Crippen LogP contribution in [0.2, 0.25) is 0 Å². The molecule has 2 amide bonds. The molecule has 2 saturated carbocycles. The highest BCUT2D eigenvalue weighted by Gasteiger charge is 2.43. The Morgan fingerprint density at radius 3 is 2.35 bits per heavy atom. The standard InChI is InChI=1S/C18H31N3O2/c22-18(19-17(14-4-5-14)15-6-7-15)21-8-2-1-3-16(21)13-20-9-11-23-12-10-20/h14-17H,1-13H2,(H,19,22). The van der Waals surface area contributed by atoms with E-state index in [9.17, 15) is 4.79 Å². The molecule has 4 fully saturated rings. The third-order valence-electron chi connectivity index (χ3n) is 6.01. The first kappa shape index (κ1) is 15.7. The summed E-state index contributed by atoms with van der Waals surface area (Å²) in [7, 11) is 0. The Morgan fingerprint density at radius 2 is 1.70 bits per heavy atom. The van der Waals surface area contributed by atoms with Gasteiger partial charge in [0.1, 0.15) is 0 Å². The fourth-order valence-corrected chi connectivity index (χ4v) is 4.30. The molecule has 0 bridgehead atoms. The Bertz CT molecular complexity index is 404. The summed E-state index contributed by atoms with van der Waals surface area (Å²) in [6.07, 6.45) is 8.84. The molecule has 2 aliphatic carbocycles. The lowest BCUT2D eigenvalue weighted by Gasteiger charge is -2.40. The van der Waals surface area contributed by atoms with Gasteiger partial charge in [0.15, 0.2) is 0 Å². The molecule has 0 aromatic carbocycles. The van der Waals surface area contributed by atoms with Crippen LogP contribution in [0.25, 0.3) is 0 Å². The minimum atomic E-state index is 0.215. The number of carbonyl (C=O) groups excluding carboxylic acids is 1. The smallest absolute Gasteiger partial charge is 0.317 e. The molecule has 130 valence electrons. The molecule has 4 rings (SSSR count). The van der Waals surface area contributed by atoms with Crippen LogP contribution in [0.15, 0.2) is 0 Å². The number of hydrogen-bond donors (Lipinski definition) is 1. The molecule has 2 aliphatic heterocycles. The molecule has 23 heavy (non-hydrogen) atoms. The Morgan fingerprint density at radius 1 is 1.00 bits per heavy atom. The number of morpholine rings is 1. The highest BCUT2D eigenvalue weighted by molar-refractivity contribution is 5.75. The van der Waals surface area contributed by atoms with E-state index in [-0.39, 0.29) is 6.03 Å². The van der Waals surface area contributed by atoms with Crippen LogP contribution in [0.1, 0.15) is 44.9 Å². The minimum absolute atomic E-state index is 0.215. The van der Waals surface area contributed by atoms with Crippen LogP contribution < -0.4 is 5.32 Å². The number of rotatable bonds is 5. The zero-order valence-electron chi connectivity index (χ0n) is 14.2. The lowest BCUT2D eigenvalue weighted by molar-refractivity contribution is 0.0219. The van der Waals surface area contributed by atoms with Crippen LogP contribution in [-0.4, -0.2) is 67.3 Å². The summed E-state index contributed by atoms with van der Waals surface area (Å²) in [5.41, 5.74) is 0.